The van der Waals surface area contributed by atoms with Gasteiger partial charge in [-0.3, -0.25) is 0 Å². The molecule has 0 amide bonds. The molecule has 3 aromatic carbocycles. The molecule has 0 fully saturated rings. The molecule has 1 heterocycles. The van der Waals surface area contributed by atoms with Gasteiger partial charge in [-0.1, -0.05) is 60.7 Å². The van der Waals surface area contributed by atoms with Gasteiger partial charge < -0.3 is 5.32 Å². The van der Waals surface area contributed by atoms with Crippen molar-refractivity contribution in [1.82, 2.24) is 5.32 Å². The van der Waals surface area contributed by atoms with Crippen LogP contribution < -0.4 is 15.6 Å². The number of hydrogen-bond donors (Lipinski definition) is 3. The van der Waals surface area contributed by atoms with Crippen molar-refractivity contribution in [2.45, 2.75) is 29.3 Å². The summed E-state index contributed by atoms with van der Waals surface area (Å²) in [5.74, 6) is 0. The molecule has 32 heavy (non-hydrogen) atoms. The summed E-state index contributed by atoms with van der Waals surface area (Å²) in [5, 5.41) is 14.2. The first kappa shape index (κ1) is 22.4. The van der Waals surface area contributed by atoms with Crippen molar-refractivity contribution in [3.05, 3.63) is 94.0 Å². The van der Waals surface area contributed by atoms with Crippen LogP contribution in [0.1, 0.15) is 39.4 Å². The maximum Gasteiger partial charge on any atom is 0.238 e. The minimum absolute atomic E-state index is 0.0331. The summed E-state index contributed by atoms with van der Waals surface area (Å²) in [6, 6.07) is 17.7. The van der Waals surface area contributed by atoms with Crippen molar-refractivity contribution >= 4 is 32.2 Å². The van der Waals surface area contributed by atoms with E-state index in [0.717, 1.165) is 22.3 Å². The maximum absolute atomic E-state index is 12.4. The Morgan fingerprint density at radius 1 is 0.844 bits per heavy atom. The molecular formula is C23H23N3O4S2. The summed E-state index contributed by atoms with van der Waals surface area (Å²) in [6.45, 7) is 2.45. The summed E-state index contributed by atoms with van der Waals surface area (Å²) in [5.41, 5.74) is 4.47. The third kappa shape index (κ3) is 4.52. The first-order valence-electron chi connectivity index (χ1n) is 9.83. The van der Waals surface area contributed by atoms with Gasteiger partial charge in [0.05, 0.1) is 15.8 Å². The van der Waals surface area contributed by atoms with E-state index in [0.29, 0.717) is 17.7 Å². The van der Waals surface area contributed by atoms with Crippen LogP contribution >= 0.6 is 0 Å². The van der Waals surface area contributed by atoms with E-state index in [-0.39, 0.29) is 15.8 Å². The standard InChI is InChI=1S/C23H23N3O4S2/c1-15-6-7-16(21(12-15)31(24,27)28)8-9-17-10-11-18(13-22(17)32(25,29)30)23-20-5-3-2-4-19(20)14-26-23/h2-13,23,26H,14H2,1H3,(H2,24,27,28)(H2,25,29,30). The van der Waals surface area contributed by atoms with Gasteiger partial charge in [-0.15, -0.1) is 0 Å². The average Bonchev–Trinajstić information content (AvgIpc) is 3.15. The molecule has 0 radical (unpaired) electrons. The molecule has 4 rings (SSSR count). The van der Waals surface area contributed by atoms with Gasteiger partial charge in [0.15, 0.2) is 0 Å². The molecule has 0 bridgehead atoms. The second kappa shape index (κ2) is 8.27. The molecule has 0 spiro atoms. The molecule has 1 aliphatic heterocycles. The van der Waals surface area contributed by atoms with E-state index in [9.17, 15) is 16.8 Å². The summed E-state index contributed by atoms with van der Waals surface area (Å²) in [6.07, 6.45) is 3.05. The van der Waals surface area contributed by atoms with Crippen LogP contribution in [0, 0.1) is 6.92 Å². The lowest BCUT2D eigenvalue weighted by atomic mass is 9.97. The molecule has 166 valence electrons. The number of rotatable bonds is 5. The number of nitrogens with one attached hydrogen (secondary N) is 1. The second-order valence-corrected chi connectivity index (χ2v) is 10.8. The molecular weight excluding hydrogens is 446 g/mol. The van der Waals surface area contributed by atoms with Crippen LogP contribution in [-0.4, -0.2) is 16.8 Å². The van der Waals surface area contributed by atoms with Crippen LogP contribution in [0.5, 0.6) is 0 Å². The number of aryl methyl sites for hydroxylation is 1. The Balaban J connectivity index is 1.77. The van der Waals surface area contributed by atoms with E-state index in [2.05, 4.69) is 5.32 Å². The predicted octanol–water partition coefficient (Wildman–Crippen LogP) is 2.65. The Kier molecular flexibility index (Phi) is 5.78. The molecule has 1 unspecified atom stereocenters. The number of sulfonamides is 2. The van der Waals surface area contributed by atoms with Gasteiger partial charge in [0.25, 0.3) is 0 Å². The van der Waals surface area contributed by atoms with E-state index in [1.54, 1.807) is 31.2 Å². The van der Waals surface area contributed by atoms with Crippen LogP contribution in [0.25, 0.3) is 12.2 Å². The maximum atomic E-state index is 12.4. The summed E-state index contributed by atoms with van der Waals surface area (Å²) < 4.78 is 48.6. The fourth-order valence-corrected chi connectivity index (χ4v) is 5.50. The normalized spacial score (nSPS) is 16.4. The highest BCUT2D eigenvalue weighted by Gasteiger charge is 2.25. The summed E-state index contributed by atoms with van der Waals surface area (Å²) in [4.78, 5) is -0.0732. The molecule has 0 saturated heterocycles. The van der Waals surface area contributed by atoms with Crippen molar-refractivity contribution in [2.24, 2.45) is 10.3 Å². The number of benzene rings is 3. The van der Waals surface area contributed by atoms with E-state index >= 15 is 0 Å². The van der Waals surface area contributed by atoms with Gasteiger partial charge in [0, 0.05) is 6.54 Å². The van der Waals surface area contributed by atoms with Gasteiger partial charge in [0.1, 0.15) is 0 Å². The molecule has 0 aliphatic carbocycles. The van der Waals surface area contributed by atoms with Crippen molar-refractivity contribution < 1.29 is 16.8 Å². The Labute approximate surface area is 187 Å². The van der Waals surface area contributed by atoms with Gasteiger partial charge >= 0.3 is 0 Å². The highest BCUT2D eigenvalue weighted by atomic mass is 32.2. The molecule has 7 nitrogen and oxygen atoms in total. The number of primary sulfonamides is 2. The van der Waals surface area contributed by atoms with Crippen LogP contribution in [0.2, 0.25) is 0 Å². The van der Waals surface area contributed by atoms with E-state index in [4.69, 9.17) is 10.3 Å². The average molecular weight is 470 g/mol. The van der Waals surface area contributed by atoms with Crippen molar-refractivity contribution in [2.75, 3.05) is 0 Å². The fraction of sp³-hybridized carbons (Fsp3) is 0.130. The van der Waals surface area contributed by atoms with Crippen molar-refractivity contribution in [1.29, 1.82) is 0 Å². The van der Waals surface area contributed by atoms with Crippen LogP contribution in [0.4, 0.5) is 0 Å². The largest absolute Gasteiger partial charge is 0.302 e. The predicted molar refractivity (Wildman–Crippen MR) is 124 cm³/mol. The Morgan fingerprint density at radius 2 is 1.44 bits per heavy atom. The van der Waals surface area contributed by atoms with Gasteiger partial charge in [0.2, 0.25) is 20.0 Å². The zero-order valence-corrected chi connectivity index (χ0v) is 18.9. The van der Waals surface area contributed by atoms with Gasteiger partial charge in [-0.05, 0) is 52.4 Å². The van der Waals surface area contributed by atoms with E-state index in [1.165, 1.54) is 18.2 Å². The molecule has 5 N–H and O–H groups in total. The first-order chi connectivity index (χ1) is 15.0. The molecule has 0 saturated carbocycles. The number of nitrogens with two attached hydrogens (primary N) is 2. The number of hydrogen-bond acceptors (Lipinski definition) is 5. The summed E-state index contributed by atoms with van der Waals surface area (Å²) >= 11 is 0. The minimum Gasteiger partial charge on any atom is -0.302 e. The second-order valence-electron chi connectivity index (χ2n) is 7.77. The number of fused-ring (bicyclic) bond motifs is 1. The van der Waals surface area contributed by atoms with Crippen LogP contribution in [-0.2, 0) is 26.6 Å². The third-order valence-corrected chi connectivity index (χ3v) is 7.39. The van der Waals surface area contributed by atoms with Gasteiger partial charge in [-0.25, -0.2) is 27.1 Å². The lowest BCUT2D eigenvalue weighted by Gasteiger charge is -2.15. The lowest BCUT2D eigenvalue weighted by Crippen LogP contribution is -2.17. The van der Waals surface area contributed by atoms with E-state index in [1.807, 2.05) is 30.3 Å². The zero-order valence-electron chi connectivity index (χ0n) is 17.3. The zero-order chi connectivity index (χ0) is 23.1. The molecule has 0 aromatic heterocycles. The highest BCUT2D eigenvalue weighted by molar-refractivity contribution is 7.89. The minimum atomic E-state index is -4.03. The van der Waals surface area contributed by atoms with Crippen LogP contribution in [0.3, 0.4) is 0 Å². The Hall–Kier alpha value is -2.82. The molecule has 1 atom stereocenters. The molecule has 9 heteroatoms. The van der Waals surface area contributed by atoms with Gasteiger partial charge in [-0.2, -0.15) is 0 Å². The lowest BCUT2D eigenvalue weighted by molar-refractivity contribution is 0.595. The highest BCUT2D eigenvalue weighted by Crippen LogP contribution is 2.33. The quantitative estimate of drug-likeness (QED) is 0.494. The van der Waals surface area contributed by atoms with Crippen molar-refractivity contribution in [3.8, 4) is 0 Å². The monoisotopic (exact) mass is 469 g/mol. The molecule has 3 aromatic rings. The fourth-order valence-electron chi connectivity index (χ4n) is 3.92. The van der Waals surface area contributed by atoms with Crippen molar-refractivity contribution in [3.63, 3.8) is 0 Å². The Bertz CT molecular complexity index is 1450. The van der Waals surface area contributed by atoms with E-state index < -0.39 is 20.0 Å². The topological polar surface area (TPSA) is 132 Å². The Morgan fingerprint density at radius 3 is 2.09 bits per heavy atom. The molecule has 1 aliphatic rings. The third-order valence-electron chi connectivity index (χ3n) is 5.46. The first-order valence-corrected chi connectivity index (χ1v) is 12.9. The SMILES string of the molecule is Cc1ccc(C=Cc2ccc(C3NCc4ccccc43)cc2S(N)(=O)=O)c(S(N)(=O)=O)c1. The summed E-state index contributed by atoms with van der Waals surface area (Å²) in [7, 11) is -7.98. The smallest absolute Gasteiger partial charge is 0.238 e. The van der Waals surface area contributed by atoms with Crippen LogP contribution in [0.15, 0.2) is 70.5 Å².